The van der Waals surface area contributed by atoms with Crippen molar-refractivity contribution in [3.63, 3.8) is 0 Å². The number of carbonyl (C=O) groups excluding carboxylic acids is 1. The summed E-state index contributed by atoms with van der Waals surface area (Å²) in [6, 6.07) is 12.7. The van der Waals surface area contributed by atoms with Gasteiger partial charge in [-0.15, -0.1) is 0 Å². The predicted octanol–water partition coefficient (Wildman–Crippen LogP) is 4.11. The average molecular weight is 378 g/mol. The number of anilines is 3. The lowest BCUT2D eigenvalue weighted by Gasteiger charge is -2.11. The minimum Gasteiger partial charge on any atom is -0.493 e. The van der Waals surface area contributed by atoms with Crippen molar-refractivity contribution in [3.8, 4) is 11.5 Å². The second kappa shape index (κ2) is 8.39. The highest BCUT2D eigenvalue weighted by atomic mass is 16.5. The molecule has 0 saturated carbocycles. The predicted molar refractivity (Wildman–Crippen MR) is 109 cm³/mol. The minimum atomic E-state index is -0.349. The van der Waals surface area contributed by atoms with Gasteiger partial charge in [-0.05, 0) is 55.3 Å². The lowest BCUT2D eigenvalue weighted by molar-refractivity contribution is 0.102. The van der Waals surface area contributed by atoms with E-state index in [1.165, 1.54) is 5.56 Å². The van der Waals surface area contributed by atoms with Gasteiger partial charge in [0.25, 0.3) is 5.91 Å². The summed E-state index contributed by atoms with van der Waals surface area (Å²) in [5.74, 6) is 1.11. The molecule has 1 heterocycles. The lowest BCUT2D eigenvalue weighted by Crippen LogP contribution is -2.15. The average Bonchev–Trinajstić information content (AvgIpc) is 2.71. The van der Waals surface area contributed by atoms with E-state index in [9.17, 15) is 4.79 Å². The van der Waals surface area contributed by atoms with Crippen LogP contribution in [0, 0.1) is 13.8 Å². The van der Waals surface area contributed by atoms with Gasteiger partial charge in [-0.1, -0.05) is 6.07 Å². The van der Waals surface area contributed by atoms with Crippen LogP contribution in [-0.4, -0.2) is 30.1 Å². The van der Waals surface area contributed by atoms with Gasteiger partial charge in [0.1, 0.15) is 5.69 Å². The van der Waals surface area contributed by atoms with E-state index in [0.29, 0.717) is 23.1 Å². The van der Waals surface area contributed by atoms with Gasteiger partial charge in [0, 0.05) is 23.6 Å². The molecule has 0 aliphatic heterocycles. The summed E-state index contributed by atoms with van der Waals surface area (Å²) in [7, 11) is 3.10. The Bertz CT molecular complexity index is 1000. The minimum absolute atomic E-state index is 0.246. The van der Waals surface area contributed by atoms with Crippen LogP contribution in [0.25, 0.3) is 0 Å². The van der Waals surface area contributed by atoms with Crippen LogP contribution in [0.2, 0.25) is 0 Å². The molecular formula is C21H22N4O3. The SMILES string of the molecule is COc1ccc(NC(=O)c2ccnc(Nc3ccc(C)c(C)c3)n2)cc1OC. The van der Waals surface area contributed by atoms with Gasteiger partial charge in [0.2, 0.25) is 5.95 Å². The lowest BCUT2D eigenvalue weighted by atomic mass is 10.1. The molecular weight excluding hydrogens is 356 g/mol. The standard InChI is InChI=1S/C21H22N4O3/c1-13-5-6-15(11-14(13)2)24-21-22-10-9-17(25-21)20(26)23-16-7-8-18(27-3)19(12-16)28-4/h5-12H,1-4H3,(H,23,26)(H,22,24,25). The van der Waals surface area contributed by atoms with Crippen LogP contribution in [0.4, 0.5) is 17.3 Å². The molecule has 2 N–H and O–H groups in total. The molecule has 0 aliphatic rings. The zero-order valence-electron chi connectivity index (χ0n) is 16.2. The van der Waals surface area contributed by atoms with Crippen molar-refractivity contribution < 1.29 is 14.3 Å². The van der Waals surface area contributed by atoms with Crippen LogP contribution in [0.5, 0.6) is 11.5 Å². The molecule has 0 saturated heterocycles. The van der Waals surface area contributed by atoms with Gasteiger partial charge in [-0.2, -0.15) is 0 Å². The van der Waals surface area contributed by atoms with E-state index in [1.807, 2.05) is 25.1 Å². The zero-order valence-corrected chi connectivity index (χ0v) is 16.2. The van der Waals surface area contributed by atoms with Gasteiger partial charge in [-0.3, -0.25) is 4.79 Å². The highest BCUT2D eigenvalue weighted by Gasteiger charge is 2.12. The zero-order chi connectivity index (χ0) is 20.1. The van der Waals surface area contributed by atoms with Crippen molar-refractivity contribution in [2.75, 3.05) is 24.9 Å². The molecule has 7 heteroatoms. The number of carbonyl (C=O) groups is 1. The monoisotopic (exact) mass is 378 g/mol. The number of rotatable bonds is 6. The normalized spacial score (nSPS) is 10.3. The second-order valence-electron chi connectivity index (χ2n) is 6.21. The van der Waals surface area contributed by atoms with Crippen molar-refractivity contribution in [2.24, 2.45) is 0 Å². The molecule has 28 heavy (non-hydrogen) atoms. The van der Waals surface area contributed by atoms with E-state index in [4.69, 9.17) is 9.47 Å². The molecule has 0 spiro atoms. The number of hydrogen-bond donors (Lipinski definition) is 2. The number of hydrogen-bond acceptors (Lipinski definition) is 6. The van der Waals surface area contributed by atoms with Crippen molar-refractivity contribution in [1.29, 1.82) is 0 Å². The Morgan fingerprint density at radius 3 is 2.36 bits per heavy atom. The van der Waals surface area contributed by atoms with Crippen molar-refractivity contribution in [1.82, 2.24) is 9.97 Å². The van der Waals surface area contributed by atoms with E-state index < -0.39 is 0 Å². The first-order valence-corrected chi connectivity index (χ1v) is 8.71. The summed E-state index contributed by atoms with van der Waals surface area (Å²) < 4.78 is 10.5. The van der Waals surface area contributed by atoms with Gasteiger partial charge < -0.3 is 20.1 Å². The van der Waals surface area contributed by atoms with Gasteiger partial charge in [-0.25, -0.2) is 9.97 Å². The molecule has 0 atom stereocenters. The molecule has 3 aromatic rings. The first-order chi connectivity index (χ1) is 13.5. The van der Waals surface area contributed by atoms with Crippen LogP contribution in [0.1, 0.15) is 21.6 Å². The van der Waals surface area contributed by atoms with Crippen LogP contribution in [0.15, 0.2) is 48.7 Å². The molecule has 0 bridgehead atoms. The van der Waals surface area contributed by atoms with E-state index in [1.54, 1.807) is 44.7 Å². The molecule has 0 unspecified atom stereocenters. The summed E-state index contributed by atoms with van der Waals surface area (Å²) in [4.78, 5) is 21.1. The Morgan fingerprint density at radius 1 is 0.893 bits per heavy atom. The molecule has 3 rings (SSSR count). The van der Waals surface area contributed by atoms with Crippen molar-refractivity contribution >= 4 is 23.2 Å². The number of amides is 1. The number of nitrogens with one attached hydrogen (secondary N) is 2. The molecule has 1 amide bonds. The largest absolute Gasteiger partial charge is 0.493 e. The molecule has 0 aliphatic carbocycles. The number of aromatic nitrogens is 2. The fourth-order valence-electron chi connectivity index (χ4n) is 2.60. The van der Waals surface area contributed by atoms with Gasteiger partial charge >= 0.3 is 0 Å². The van der Waals surface area contributed by atoms with Crippen LogP contribution < -0.4 is 20.1 Å². The van der Waals surface area contributed by atoms with Crippen LogP contribution >= 0.6 is 0 Å². The topological polar surface area (TPSA) is 85.4 Å². The third-order valence-electron chi connectivity index (χ3n) is 4.29. The Balaban J connectivity index is 1.76. The molecule has 0 fully saturated rings. The van der Waals surface area contributed by atoms with E-state index in [0.717, 1.165) is 11.3 Å². The van der Waals surface area contributed by atoms with Crippen molar-refractivity contribution in [3.05, 3.63) is 65.5 Å². The Labute approximate surface area is 163 Å². The quantitative estimate of drug-likeness (QED) is 0.671. The molecule has 144 valence electrons. The van der Waals surface area contributed by atoms with E-state index in [2.05, 4.69) is 27.5 Å². The highest BCUT2D eigenvalue weighted by molar-refractivity contribution is 6.03. The molecule has 1 aromatic heterocycles. The third kappa shape index (κ3) is 4.37. The maximum Gasteiger partial charge on any atom is 0.274 e. The van der Waals surface area contributed by atoms with E-state index >= 15 is 0 Å². The fourth-order valence-corrected chi connectivity index (χ4v) is 2.60. The Hall–Kier alpha value is -3.61. The smallest absolute Gasteiger partial charge is 0.274 e. The highest BCUT2D eigenvalue weighted by Crippen LogP contribution is 2.29. The Morgan fingerprint density at radius 2 is 1.64 bits per heavy atom. The Kier molecular flexibility index (Phi) is 5.74. The van der Waals surface area contributed by atoms with Crippen molar-refractivity contribution in [2.45, 2.75) is 13.8 Å². The number of benzene rings is 2. The second-order valence-corrected chi connectivity index (χ2v) is 6.21. The first kappa shape index (κ1) is 19.2. The molecule has 0 radical (unpaired) electrons. The third-order valence-corrected chi connectivity index (χ3v) is 4.29. The first-order valence-electron chi connectivity index (χ1n) is 8.71. The van der Waals surface area contributed by atoms with Crippen LogP contribution in [-0.2, 0) is 0 Å². The van der Waals surface area contributed by atoms with Gasteiger partial charge in [0.15, 0.2) is 11.5 Å². The summed E-state index contributed by atoms with van der Waals surface area (Å²) in [5.41, 5.74) is 4.04. The summed E-state index contributed by atoms with van der Waals surface area (Å²) in [6.07, 6.45) is 1.54. The summed E-state index contributed by atoms with van der Waals surface area (Å²) >= 11 is 0. The number of aryl methyl sites for hydroxylation is 2. The van der Waals surface area contributed by atoms with Gasteiger partial charge in [0.05, 0.1) is 14.2 Å². The molecule has 7 nitrogen and oxygen atoms in total. The fraction of sp³-hybridized carbons (Fsp3) is 0.190. The number of ether oxygens (including phenoxy) is 2. The number of methoxy groups -OCH3 is 2. The molecule has 2 aromatic carbocycles. The maximum atomic E-state index is 12.6. The van der Waals surface area contributed by atoms with Crippen LogP contribution in [0.3, 0.4) is 0 Å². The number of nitrogens with zero attached hydrogens (tertiary/aromatic N) is 2. The summed E-state index contributed by atoms with van der Waals surface area (Å²) in [6.45, 7) is 4.09. The van der Waals surface area contributed by atoms with E-state index in [-0.39, 0.29) is 11.6 Å². The summed E-state index contributed by atoms with van der Waals surface area (Å²) in [5, 5.41) is 5.93. The maximum absolute atomic E-state index is 12.6.